The summed E-state index contributed by atoms with van der Waals surface area (Å²) in [6.07, 6.45) is 1.28. The lowest BCUT2D eigenvalue weighted by Gasteiger charge is -2.34. The van der Waals surface area contributed by atoms with Crippen molar-refractivity contribution in [2.45, 2.75) is 52.2 Å². The first kappa shape index (κ1) is 18.5. The molecule has 2 heterocycles. The third kappa shape index (κ3) is 4.84. The summed E-state index contributed by atoms with van der Waals surface area (Å²) in [7, 11) is 0. The number of hydrogen-bond acceptors (Lipinski definition) is 4. The molecule has 0 aliphatic carbocycles. The molecule has 0 bridgehead atoms. The molecule has 1 amide bonds. The number of aromatic nitrogens is 1. The van der Waals surface area contributed by atoms with Gasteiger partial charge in [-0.2, -0.15) is 0 Å². The molecule has 1 aromatic rings. The van der Waals surface area contributed by atoms with Crippen molar-refractivity contribution in [1.29, 1.82) is 0 Å². The molecule has 6 nitrogen and oxygen atoms in total. The summed E-state index contributed by atoms with van der Waals surface area (Å²) in [5, 5.41) is 0. The number of piperidine rings is 1. The maximum atomic E-state index is 12.2. The third-order valence-corrected chi connectivity index (χ3v) is 4.07. The maximum Gasteiger partial charge on any atom is 0.410 e. The normalized spacial score (nSPS) is 18.0. The van der Waals surface area contributed by atoms with E-state index in [1.165, 1.54) is 0 Å². The highest BCUT2D eigenvalue weighted by molar-refractivity contribution is 9.10. The molecule has 1 saturated heterocycles. The van der Waals surface area contributed by atoms with Crippen LogP contribution in [0, 0.1) is 13.5 Å². The van der Waals surface area contributed by atoms with Gasteiger partial charge in [-0.05, 0) is 52.2 Å². The summed E-state index contributed by atoms with van der Waals surface area (Å²) in [6, 6.07) is 1.70. The fourth-order valence-electron chi connectivity index (χ4n) is 2.50. The fraction of sp³-hybridized carbons (Fsp3) is 0.588. The van der Waals surface area contributed by atoms with E-state index in [1.54, 1.807) is 11.0 Å². The molecule has 0 radical (unpaired) electrons. The van der Waals surface area contributed by atoms with E-state index in [4.69, 9.17) is 16.0 Å². The molecule has 0 aromatic carbocycles. The number of carbonyl (C=O) groups excluding carboxylic acids is 1. The van der Waals surface area contributed by atoms with E-state index in [-0.39, 0.29) is 12.2 Å². The van der Waals surface area contributed by atoms with Crippen LogP contribution in [0.15, 0.2) is 10.7 Å². The molecule has 1 aromatic heterocycles. The van der Waals surface area contributed by atoms with Crippen LogP contribution in [0.5, 0.6) is 5.75 Å². The zero-order valence-corrected chi connectivity index (χ0v) is 16.0. The van der Waals surface area contributed by atoms with Crippen LogP contribution in [-0.4, -0.2) is 40.8 Å². The predicted octanol–water partition coefficient (Wildman–Crippen LogP) is 4.48. The summed E-state index contributed by atoms with van der Waals surface area (Å²) in [5.41, 5.74) is 0.335. The fourth-order valence-corrected chi connectivity index (χ4v) is 3.09. The second-order valence-electron chi connectivity index (χ2n) is 6.84. The van der Waals surface area contributed by atoms with Crippen molar-refractivity contribution in [3.63, 3.8) is 0 Å². The third-order valence-electron chi connectivity index (χ3n) is 3.53. The number of aryl methyl sites for hydroxylation is 1. The SMILES string of the molecule is [C-]#[N+]c1cc(C)c(OC2CCCN(C(=O)OC(C)(C)C)C2)c(Br)n1. The number of pyridine rings is 1. The number of carbonyl (C=O) groups is 1. The largest absolute Gasteiger partial charge is 0.483 e. The van der Waals surface area contributed by atoms with Crippen molar-refractivity contribution in [2.75, 3.05) is 13.1 Å². The van der Waals surface area contributed by atoms with Gasteiger partial charge in [0.25, 0.3) is 5.82 Å². The van der Waals surface area contributed by atoms with Crippen molar-refractivity contribution in [2.24, 2.45) is 0 Å². The number of amides is 1. The maximum absolute atomic E-state index is 12.2. The summed E-state index contributed by atoms with van der Waals surface area (Å²) in [5.74, 6) is 0.948. The molecular formula is C17H22BrN3O3. The highest BCUT2D eigenvalue weighted by Crippen LogP contribution is 2.32. The zero-order valence-electron chi connectivity index (χ0n) is 14.4. The van der Waals surface area contributed by atoms with Crippen molar-refractivity contribution in [3.8, 4) is 5.75 Å². The Balaban J connectivity index is 2.06. The lowest BCUT2D eigenvalue weighted by Crippen LogP contribution is -2.46. The number of hydrogen-bond donors (Lipinski definition) is 0. The minimum absolute atomic E-state index is 0.123. The molecule has 0 spiro atoms. The van der Waals surface area contributed by atoms with Crippen LogP contribution in [0.3, 0.4) is 0 Å². The van der Waals surface area contributed by atoms with E-state index in [1.807, 2.05) is 27.7 Å². The van der Waals surface area contributed by atoms with Crippen LogP contribution in [0.25, 0.3) is 4.85 Å². The first-order chi connectivity index (χ1) is 11.2. The molecule has 1 fully saturated rings. The van der Waals surface area contributed by atoms with Crippen LogP contribution in [-0.2, 0) is 4.74 Å². The topological polar surface area (TPSA) is 56.0 Å². The van der Waals surface area contributed by atoms with Crippen molar-refractivity contribution >= 4 is 27.8 Å². The second-order valence-corrected chi connectivity index (χ2v) is 7.59. The van der Waals surface area contributed by atoms with Crippen molar-refractivity contribution in [3.05, 3.63) is 27.7 Å². The van der Waals surface area contributed by atoms with Gasteiger partial charge in [0.2, 0.25) is 4.60 Å². The number of ether oxygens (including phenoxy) is 2. The predicted molar refractivity (Wildman–Crippen MR) is 94.4 cm³/mol. The van der Waals surface area contributed by atoms with Gasteiger partial charge in [0.15, 0.2) is 5.75 Å². The molecule has 1 aliphatic heterocycles. The summed E-state index contributed by atoms with van der Waals surface area (Å²) in [6.45, 7) is 15.6. The van der Waals surface area contributed by atoms with Gasteiger partial charge in [-0.15, -0.1) is 4.98 Å². The number of likely N-dealkylation sites (tertiary alicyclic amines) is 1. The molecule has 130 valence electrons. The molecule has 1 aliphatic rings. The Morgan fingerprint density at radius 1 is 1.50 bits per heavy atom. The van der Waals surface area contributed by atoms with Gasteiger partial charge in [0, 0.05) is 22.5 Å². The van der Waals surface area contributed by atoms with E-state index in [0.29, 0.717) is 29.3 Å². The Bertz CT molecular complexity index is 641. The van der Waals surface area contributed by atoms with E-state index in [2.05, 4.69) is 25.8 Å². The van der Waals surface area contributed by atoms with Gasteiger partial charge in [0.1, 0.15) is 11.7 Å². The number of nitrogens with zero attached hydrogens (tertiary/aromatic N) is 3. The zero-order chi connectivity index (χ0) is 17.9. The minimum atomic E-state index is -0.510. The molecule has 0 saturated carbocycles. The highest BCUT2D eigenvalue weighted by Gasteiger charge is 2.29. The van der Waals surface area contributed by atoms with Crippen LogP contribution in [0.1, 0.15) is 39.2 Å². The summed E-state index contributed by atoms with van der Waals surface area (Å²) >= 11 is 3.36. The van der Waals surface area contributed by atoms with E-state index >= 15 is 0 Å². The second kappa shape index (κ2) is 7.39. The molecule has 2 rings (SSSR count). The van der Waals surface area contributed by atoms with Gasteiger partial charge in [-0.1, -0.05) is 6.57 Å². The lowest BCUT2D eigenvalue weighted by molar-refractivity contribution is 0.00757. The highest BCUT2D eigenvalue weighted by atomic mass is 79.9. The van der Waals surface area contributed by atoms with Gasteiger partial charge in [0.05, 0.1) is 6.54 Å². The van der Waals surface area contributed by atoms with Crippen LogP contribution in [0.4, 0.5) is 10.6 Å². The molecule has 1 atom stereocenters. The Hall–Kier alpha value is -1.81. The molecule has 1 unspecified atom stereocenters. The molecule has 24 heavy (non-hydrogen) atoms. The number of rotatable bonds is 2. The average Bonchev–Trinajstić information content (AvgIpc) is 2.49. The molecule has 7 heteroatoms. The standard InChI is InChI=1S/C17H22BrN3O3/c1-11-9-13(19-5)20-15(18)14(11)23-12-7-6-8-21(10-12)16(22)24-17(2,3)4/h9,12H,6-8,10H2,1-4H3. The summed E-state index contributed by atoms with van der Waals surface area (Å²) < 4.78 is 12.0. The first-order valence-electron chi connectivity index (χ1n) is 7.89. The van der Waals surface area contributed by atoms with Crippen LogP contribution >= 0.6 is 15.9 Å². The quantitative estimate of drug-likeness (QED) is 0.546. The monoisotopic (exact) mass is 395 g/mol. The number of halogens is 1. The summed E-state index contributed by atoms with van der Waals surface area (Å²) in [4.78, 5) is 21.4. The van der Waals surface area contributed by atoms with Gasteiger partial charge in [-0.25, -0.2) is 4.79 Å². The van der Waals surface area contributed by atoms with E-state index < -0.39 is 5.60 Å². The van der Waals surface area contributed by atoms with E-state index in [9.17, 15) is 4.79 Å². The Labute approximate surface area is 151 Å². The van der Waals surface area contributed by atoms with Gasteiger partial charge >= 0.3 is 6.09 Å². The average molecular weight is 396 g/mol. The van der Waals surface area contributed by atoms with Crippen molar-refractivity contribution in [1.82, 2.24) is 9.88 Å². The smallest absolute Gasteiger partial charge is 0.410 e. The molecular weight excluding hydrogens is 374 g/mol. The van der Waals surface area contributed by atoms with Crippen LogP contribution in [0.2, 0.25) is 0 Å². The Morgan fingerprint density at radius 2 is 2.21 bits per heavy atom. The first-order valence-corrected chi connectivity index (χ1v) is 8.68. The van der Waals surface area contributed by atoms with Crippen LogP contribution < -0.4 is 4.74 Å². The van der Waals surface area contributed by atoms with Gasteiger partial charge < -0.3 is 19.2 Å². The lowest BCUT2D eigenvalue weighted by atomic mass is 10.1. The molecule has 0 N–H and O–H groups in total. The van der Waals surface area contributed by atoms with Crippen molar-refractivity contribution < 1.29 is 14.3 Å². The van der Waals surface area contributed by atoms with Gasteiger partial charge in [-0.3, -0.25) is 0 Å². The Morgan fingerprint density at radius 3 is 2.79 bits per heavy atom. The van der Waals surface area contributed by atoms with E-state index in [0.717, 1.165) is 18.4 Å². The minimum Gasteiger partial charge on any atom is -0.483 e. The Kier molecular flexibility index (Phi) is 5.70.